The molecular weight excluding hydrogens is 204 g/mol. The first kappa shape index (κ1) is 8.78. The van der Waals surface area contributed by atoms with Gasteiger partial charge >= 0.3 is 0 Å². The summed E-state index contributed by atoms with van der Waals surface area (Å²) in [5, 5.41) is 0. The minimum atomic E-state index is 0.590. The van der Waals surface area contributed by atoms with Gasteiger partial charge in [-0.25, -0.2) is 4.98 Å². The summed E-state index contributed by atoms with van der Waals surface area (Å²) in [4.78, 5) is 4.05. The van der Waals surface area contributed by atoms with Gasteiger partial charge in [0, 0.05) is 6.04 Å². The Hall–Kier alpha value is -0.310. The van der Waals surface area contributed by atoms with Crippen LogP contribution in [0.5, 0.6) is 0 Å². The van der Waals surface area contributed by atoms with Crippen LogP contribution in [-0.2, 0) is 0 Å². The lowest BCUT2D eigenvalue weighted by atomic mass is 10.2. The van der Waals surface area contributed by atoms with Crippen LogP contribution in [0.4, 0.5) is 0 Å². The lowest BCUT2D eigenvalue weighted by Crippen LogP contribution is -2.05. The second-order valence-corrected chi connectivity index (χ2v) is 3.41. The average Bonchev–Trinajstić information content (AvgIpc) is 2.40. The quantitative estimate of drug-likeness (QED) is 0.760. The van der Waals surface area contributed by atoms with E-state index in [9.17, 15) is 0 Å². The predicted molar refractivity (Wildman–Crippen MR) is 49.5 cm³/mol. The molecule has 0 atom stereocenters. The Labute approximate surface area is 75.8 Å². The van der Waals surface area contributed by atoms with E-state index in [4.69, 9.17) is 0 Å². The number of imidazole rings is 1. The molecule has 1 heterocycles. The predicted octanol–water partition coefficient (Wildman–Crippen LogP) is 3.01. The number of nitrogens with zero attached hydrogens (tertiary/aromatic N) is 2. The highest BCUT2D eigenvalue weighted by atomic mass is 79.9. The van der Waals surface area contributed by atoms with E-state index in [-0.39, 0.29) is 0 Å². The van der Waals surface area contributed by atoms with Gasteiger partial charge in [0.2, 0.25) is 0 Å². The Balaban J connectivity index is 2.81. The van der Waals surface area contributed by atoms with Crippen LogP contribution >= 0.6 is 15.9 Å². The Morgan fingerprint density at radius 2 is 2.18 bits per heavy atom. The minimum Gasteiger partial charge on any atom is -0.322 e. The summed E-state index contributed by atoms with van der Waals surface area (Å²) in [7, 11) is 0. The van der Waals surface area contributed by atoms with Crippen LogP contribution in [0, 0.1) is 0 Å². The van der Waals surface area contributed by atoms with Crippen LogP contribution in [0.3, 0.4) is 0 Å². The number of rotatable bonds is 3. The van der Waals surface area contributed by atoms with E-state index in [1.54, 1.807) is 0 Å². The number of hydrogen-bond donors (Lipinski definition) is 0. The van der Waals surface area contributed by atoms with Crippen LogP contribution < -0.4 is 0 Å². The average molecular weight is 217 g/mol. The zero-order valence-corrected chi connectivity index (χ0v) is 8.50. The molecule has 0 unspecified atom stereocenters. The van der Waals surface area contributed by atoms with E-state index in [0.717, 1.165) is 17.4 Å². The lowest BCUT2D eigenvalue weighted by Gasteiger charge is -2.14. The van der Waals surface area contributed by atoms with Crippen molar-refractivity contribution in [2.75, 3.05) is 0 Å². The van der Waals surface area contributed by atoms with Crippen molar-refractivity contribution in [3.05, 3.63) is 17.1 Å². The van der Waals surface area contributed by atoms with Crippen LogP contribution in [-0.4, -0.2) is 9.55 Å². The van der Waals surface area contributed by atoms with Crippen molar-refractivity contribution < 1.29 is 0 Å². The monoisotopic (exact) mass is 216 g/mol. The fourth-order valence-corrected chi connectivity index (χ4v) is 1.74. The number of halogens is 1. The van der Waals surface area contributed by atoms with E-state index in [1.807, 2.05) is 12.5 Å². The molecule has 0 aromatic carbocycles. The van der Waals surface area contributed by atoms with Crippen molar-refractivity contribution in [2.45, 2.75) is 32.7 Å². The van der Waals surface area contributed by atoms with Gasteiger partial charge in [-0.05, 0) is 28.8 Å². The molecule has 1 rings (SSSR count). The molecule has 0 amide bonds. The maximum Gasteiger partial charge on any atom is 0.105 e. The van der Waals surface area contributed by atoms with Gasteiger partial charge < -0.3 is 4.57 Å². The minimum absolute atomic E-state index is 0.590. The molecule has 11 heavy (non-hydrogen) atoms. The zero-order valence-electron chi connectivity index (χ0n) is 6.92. The molecule has 0 fully saturated rings. The molecule has 0 aliphatic heterocycles. The van der Waals surface area contributed by atoms with Gasteiger partial charge in [0.15, 0.2) is 0 Å². The van der Waals surface area contributed by atoms with E-state index in [1.165, 1.54) is 0 Å². The Kier molecular flexibility index (Phi) is 3.12. The molecule has 0 bridgehead atoms. The summed E-state index contributed by atoms with van der Waals surface area (Å²) in [5.41, 5.74) is 0. The summed E-state index contributed by atoms with van der Waals surface area (Å²) in [6.45, 7) is 4.39. The van der Waals surface area contributed by atoms with Crippen molar-refractivity contribution in [3.63, 3.8) is 0 Å². The van der Waals surface area contributed by atoms with Gasteiger partial charge in [0.1, 0.15) is 4.60 Å². The van der Waals surface area contributed by atoms with Crippen molar-refractivity contribution in [1.82, 2.24) is 9.55 Å². The Morgan fingerprint density at radius 3 is 2.55 bits per heavy atom. The van der Waals surface area contributed by atoms with Crippen LogP contribution in [0.15, 0.2) is 17.1 Å². The highest BCUT2D eigenvalue weighted by molar-refractivity contribution is 9.10. The third kappa shape index (κ3) is 1.83. The number of hydrogen-bond acceptors (Lipinski definition) is 1. The molecule has 0 saturated carbocycles. The van der Waals surface area contributed by atoms with Crippen molar-refractivity contribution in [1.29, 1.82) is 0 Å². The second-order valence-electron chi connectivity index (χ2n) is 2.59. The normalized spacial score (nSPS) is 10.9. The van der Waals surface area contributed by atoms with Crippen LogP contribution in [0.2, 0.25) is 0 Å². The molecule has 0 spiro atoms. The molecule has 0 saturated heterocycles. The maximum absolute atomic E-state index is 4.05. The topological polar surface area (TPSA) is 17.8 Å². The van der Waals surface area contributed by atoms with Gasteiger partial charge in [-0.15, -0.1) is 0 Å². The van der Waals surface area contributed by atoms with E-state index in [2.05, 4.69) is 39.3 Å². The molecule has 0 aliphatic carbocycles. The van der Waals surface area contributed by atoms with Crippen molar-refractivity contribution in [2.24, 2.45) is 0 Å². The van der Waals surface area contributed by atoms with E-state index >= 15 is 0 Å². The fraction of sp³-hybridized carbons (Fsp3) is 0.625. The summed E-state index contributed by atoms with van der Waals surface area (Å²) in [5.74, 6) is 0. The van der Waals surface area contributed by atoms with Crippen molar-refractivity contribution >= 4 is 15.9 Å². The summed E-state index contributed by atoms with van der Waals surface area (Å²) in [6.07, 6.45) is 6.02. The molecule has 62 valence electrons. The highest BCUT2D eigenvalue weighted by Gasteiger charge is 2.07. The zero-order chi connectivity index (χ0) is 8.27. The van der Waals surface area contributed by atoms with Gasteiger partial charge in [-0.1, -0.05) is 13.8 Å². The third-order valence-electron chi connectivity index (χ3n) is 1.95. The number of aromatic nitrogens is 2. The first-order chi connectivity index (χ1) is 5.29. The first-order valence-corrected chi connectivity index (χ1v) is 4.76. The molecule has 3 heteroatoms. The van der Waals surface area contributed by atoms with Gasteiger partial charge in [-0.3, -0.25) is 0 Å². The molecule has 0 aliphatic rings. The molecule has 1 aromatic heterocycles. The van der Waals surface area contributed by atoms with Gasteiger partial charge in [0.05, 0.1) is 12.5 Å². The molecule has 1 aromatic rings. The SMILES string of the molecule is CCC(CC)n1cncc1Br. The summed E-state index contributed by atoms with van der Waals surface area (Å²) < 4.78 is 3.24. The maximum atomic E-state index is 4.05. The highest BCUT2D eigenvalue weighted by Crippen LogP contribution is 2.20. The molecule has 0 N–H and O–H groups in total. The third-order valence-corrected chi connectivity index (χ3v) is 2.57. The van der Waals surface area contributed by atoms with Crippen molar-refractivity contribution in [3.8, 4) is 0 Å². The van der Waals surface area contributed by atoms with E-state index < -0.39 is 0 Å². The first-order valence-electron chi connectivity index (χ1n) is 3.96. The smallest absolute Gasteiger partial charge is 0.105 e. The second kappa shape index (κ2) is 3.90. The molecule has 0 radical (unpaired) electrons. The van der Waals surface area contributed by atoms with Crippen LogP contribution in [0.1, 0.15) is 32.7 Å². The Morgan fingerprint density at radius 1 is 1.55 bits per heavy atom. The molecule has 2 nitrogen and oxygen atoms in total. The van der Waals surface area contributed by atoms with Gasteiger partial charge in [-0.2, -0.15) is 0 Å². The molecular formula is C8H13BrN2. The standard InChI is InChI=1S/C8H13BrN2/c1-3-7(4-2)11-6-10-5-8(11)9/h5-7H,3-4H2,1-2H3. The lowest BCUT2D eigenvalue weighted by molar-refractivity contribution is 0.464. The fourth-order valence-electron chi connectivity index (χ4n) is 1.24. The summed E-state index contributed by atoms with van der Waals surface area (Å²) >= 11 is 3.45. The van der Waals surface area contributed by atoms with Crippen LogP contribution in [0.25, 0.3) is 0 Å². The van der Waals surface area contributed by atoms with Gasteiger partial charge in [0.25, 0.3) is 0 Å². The largest absolute Gasteiger partial charge is 0.322 e. The summed E-state index contributed by atoms with van der Waals surface area (Å²) in [6, 6.07) is 0.590. The Bertz CT molecular complexity index is 216. The van der Waals surface area contributed by atoms with E-state index in [0.29, 0.717) is 6.04 Å².